The summed E-state index contributed by atoms with van der Waals surface area (Å²) in [5, 5.41) is 1.76. The van der Waals surface area contributed by atoms with Crippen LogP contribution in [0.5, 0.6) is 0 Å². The van der Waals surface area contributed by atoms with Gasteiger partial charge in [-0.3, -0.25) is 4.79 Å². The zero-order valence-electron chi connectivity index (χ0n) is 8.01. The van der Waals surface area contributed by atoms with E-state index in [0.717, 1.165) is 5.56 Å². The van der Waals surface area contributed by atoms with Crippen LogP contribution in [-0.2, 0) is 6.42 Å². The highest BCUT2D eigenvalue weighted by atomic mass is 32.1. The first-order valence-corrected chi connectivity index (χ1v) is 5.46. The van der Waals surface area contributed by atoms with Crippen LogP contribution >= 0.6 is 11.3 Å². The summed E-state index contributed by atoms with van der Waals surface area (Å²) in [5.41, 5.74) is 9.43. The molecule has 1 aromatic carbocycles. The van der Waals surface area contributed by atoms with Gasteiger partial charge in [0, 0.05) is 17.5 Å². The van der Waals surface area contributed by atoms with Crippen molar-refractivity contribution in [2.75, 3.05) is 5.73 Å². The van der Waals surface area contributed by atoms with E-state index in [0.29, 0.717) is 17.8 Å². The second-order valence-corrected chi connectivity index (χ2v) is 3.93. The van der Waals surface area contributed by atoms with Gasteiger partial charge in [-0.05, 0) is 17.7 Å². The van der Waals surface area contributed by atoms with Crippen molar-refractivity contribution in [2.45, 2.75) is 6.42 Å². The molecule has 3 nitrogen and oxygen atoms in total. The fraction of sp³-hybridized carbons (Fsp3) is 0.0909. The Bertz CT molecular complexity index is 448. The largest absolute Gasteiger partial charge is 0.399 e. The van der Waals surface area contributed by atoms with E-state index in [2.05, 4.69) is 4.98 Å². The highest BCUT2D eigenvalue weighted by Gasteiger charge is 2.08. The molecule has 0 bridgehead atoms. The first-order chi connectivity index (χ1) is 7.25. The molecule has 0 spiro atoms. The lowest BCUT2D eigenvalue weighted by Crippen LogP contribution is -2.03. The van der Waals surface area contributed by atoms with Crippen LogP contribution in [0.25, 0.3) is 0 Å². The number of carbonyl (C=O) groups is 1. The maximum atomic E-state index is 11.7. The van der Waals surface area contributed by atoms with Gasteiger partial charge in [-0.25, -0.2) is 4.98 Å². The molecule has 2 rings (SSSR count). The van der Waals surface area contributed by atoms with Crippen molar-refractivity contribution in [1.29, 1.82) is 0 Å². The monoisotopic (exact) mass is 218 g/mol. The van der Waals surface area contributed by atoms with Gasteiger partial charge in [0.15, 0.2) is 5.78 Å². The first kappa shape index (κ1) is 9.86. The molecule has 1 aromatic heterocycles. The average molecular weight is 218 g/mol. The van der Waals surface area contributed by atoms with Crippen LogP contribution in [-0.4, -0.2) is 10.8 Å². The highest BCUT2D eigenvalue weighted by molar-refractivity contribution is 7.07. The number of anilines is 1. The number of hydrogen-bond donors (Lipinski definition) is 1. The Balaban J connectivity index is 2.09. The van der Waals surface area contributed by atoms with Crippen molar-refractivity contribution in [2.24, 2.45) is 0 Å². The lowest BCUT2D eigenvalue weighted by atomic mass is 10.1. The zero-order valence-corrected chi connectivity index (χ0v) is 8.83. The Morgan fingerprint density at radius 2 is 2.07 bits per heavy atom. The summed E-state index contributed by atoms with van der Waals surface area (Å²) >= 11 is 1.43. The summed E-state index contributed by atoms with van der Waals surface area (Å²) in [6.07, 6.45) is 0.379. The molecule has 0 aliphatic carbocycles. The van der Waals surface area contributed by atoms with Crippen molar-refractivity contribution in [3.05, 3.63) is 46.4 Å². The lowest BCUT2D eigenvalue weighted by molar-refractivity contribution is 0.0989. The molecule has 76 valence electrons. The van der Waals surface area contributed by atoms with Crippen LogP contribution in [0.1, 0.15) is 16.1 Å². The molecule has 15 heavy (non-hydrogen) atoms. The van der Waals surface area contributed by atoms with Crippen LogP contribution in [0, 0.1) is 0 Å². The molecule has 4 heteroatoms. The average Bonchev–Trinajstić information content (AvgIpc) is 2.74. The van der Waals surface area contributed by atoms with Crippen LogP contribution < -0.4 is 5.73 Å². The third-order valence-electron chi connectivity index (χ3n) is 2.06. The molecular weight excluding hydrogens is 208 g/mol. The Labute approximate surface area is 91.6 Å². The van der Waals surface area contributed by atoms with Gasteiger partial charge >= 0.3 is 0 Å². The molecule has 0 saturated carbocycles. The van der Waals surface area contributed by atoms with Crippen LogP contribution in [0.4, 0.5) is 5.69 Å². The second-order valence-electron chi connectivity index (χ2n) is 3.22. The fourth-order valence-electron chi connectivity index (χ4n) is 1.26. The fourth-order valence-corrected chi connectivity index (χ4v) is 1.82. The van der Waals surface area contributed by atoms with Gasteiger partial charge < -0.3 is 5.73 Å². The molecule has 1 heterocycles. The number of nitrogens with two attached hydrogens (primary N) is 1. The molecule has 0 amide bonds. The van der Waals surface area contributed by atoms with E-state index in [4.69, 9.17) is 5.73 Å². The van der Waals surface area contributed by atoms with E-state index >= 15 is 0 Å². The summed E-state index contributed by atoms with van der Waals surface area (Å²) in [5.74, 6) is 0.0426. The third-order valence-corrected chi connectivity index (χ3v) is 2.65. The molecule has 0 fully saturated rings. The summed E-state index contributed by atoms with van der Waals surface area (Å²) in [6.45, 7) is 0. The Morgan fingerprint density at radius 1 is 1.33 bits per heavy atom. The van der Waals surface area contributed by atoms with E-state index in [1.807, 2.05) is 12.1 Å². The minimum absolute atomic E-state index is 0.0426. The van der Waals surface area contributed by atoms with Crippen molar-refractivity contribution in [3.8, 4) is 0 Å². The van der Waals surface area contributed by atoms with Gasteiger partial charge in [-0.15, -0.1) is 11.3 Å². The molecule has 0 unspecified atom stereocenters. The summed E-state index contributed by atoms with van der Waals surface area (Å²) < 4.78 is 0. The molecule has 0 radical (unpaired) electrons. The molecule has 0 aliphatic heterocycles. The van der Waals surface area contributed by atoms with Crippen LogP contribution in [0.3, 0.4) is 0 Å². The smallest absolute Gasteiger partial charge is 0.186 e. The van der Waals surface area contributed by atoms with E-state index < -0.39 is 0 Å². The van der Waals surface area contributed by atoms with Crippen molar-refractivity contribution >= 4 is 22.8 Å². The summed E-state index contributed by atoms with van der Waals surface area (Å²) in [4.78, 5) is 15.6. The van der Waals surface area contributed by atoms with E-state index in [1.54, 1.807) is 23.0 Å². The van der Waals surface area contributed by atoms with Crippen LogP contribution in [0.15, 0.2) is 35.2 Å². The Hall–Kier alpha value is -1.68. The molecule has 0 aliphatic rings. The minimum Gasteiger partial charge on any atom is -0.399 e. The number of Topliss-reactive ketones (excluding diaryl/α,β-unsaturated/α-hetero) is 1. The second kappa shape index (κ2) is 4.23. The quantitative estimate of drug-likeness (QED) is 0.634. The van der Waals surface area contributed by atoms with Gasteiger partial charge in [-0.2, -0.15) is 0 Å². The van der Waals surface area contributed by atoms with Crippen molar-refractivity contribution in [3.63, 3.8) is 0 Å². The molecule has 0 atom stereocenters. The van der Waals surface area contributed by atoms with Gasteiger partial charge in [0.1, 0.15) is 5.69 Å². The Morgan fingerprint density at radius 3 is 2.67 bits per heavy atom. The van der Waals surface area contributed by atoms with Crippen molar-refractivity contribution in [1.82, 2.24) is 4.98 Å². The standard InChI is InChI=1S/C11H10N2OS/c12-9-3-1-8(2-4-9)5-11(14)10-6-15-7-13-10/h1-4,6-7H,5,12H2. The number of hydrogen-bond acceptors (Lipinski definition) is 4. The van der Waals surface area contributed by atoms with Gasteiger partial charge in [-0.1, -0.05) is 12.1 Å². The summed E-state index contributed by atoms with van der Waals surface area (Å²) in [7, 11) is 0. The molecule has 2 aromatic rings. The maximum Gasteiger partial charge on any atom is 0.186 e. The first-order valence-electron chi connectivity index (χ1n) is 4.51. The van der Waals surface area contributed by atoms with Gasteiger partial charge in [0.2, 0.25) is 0 Å². The van der Waals surface area contributed by atoms with Crippen molar-refractivity contribution < 1.29 is 4.79 Å². The van der Waals surface area contributed by atoms with E-state index in [9.17, 15) is 4.79 Å². The van der Waals surface area contributed by atoms with E-state index in [-0.39, 0.29) is 5.78 Å². The molecular formula is C11H10N2OS. The SMILES string of the molecule is Nc1ccc(CC(=O)c2cscn2)cc1. The summed E-state index contributed by atoms with van der Waals surface area (Å²) in [6, 6.07) is 7.31. The normalized spacial score (nSPS) is 10.1. The number of thiazole rings is 1. The number of rotatable bonds is 3. The predicted molar refractivity (Wildman–Crippen MR) is 61.0 cm³/mol. The lowest BCUT2D eigenvalue weighted by Gasteiger charge is -1.99. The molecule has 0 saturated heterocycles. The third kappa shape index (κ3) is 2.41. The maximum absolute atomic E-state index is 11.7. The van der Waals surface area contributed by atoms with E-state index in [1.165, 1.54) is 11.3 Å². The molecule has 2 N–H and O–H groups in total. The van der Waals surface area contributed by atoms with Gasteiger partial charge in [0.25, 0.3) is 0 Å². The number of nitrogens with zero attached hydrogens (tertiary/aromatic N) is 1. The predicted octanol–water partition coefficient (Wildman–Crippen LogP) is 2.15. The number of carbonyl (C=O) groups excluding carboxylic acids is 1. The van der Waals surface area contributed by atoms with Crippen LogP contribution in [0.2, 0.25) is 0 Å². The number of benzene rings is 1. The topological polar surface area (TPSA) is 56.0 Å². The zero-order chi connectivity index (χ0) is 10.7. The number of ketones is 1. The number of aromatic nitrogens is 1. The van der Waals surface area contributed by atoms with Gasteiger partial charge in [0.05, 0.1) is 5.51 Å². The Kier molecular flexibility index (Phi) is 2.78. The number of nitrogen functional groups attached to an aromatic ring is 1. The highest BCUT2D eigenvalue weighted by Crippen LogP contribution is 2.10. The minimum atomic E-state index is 0.0426.